The predicted molar refractivity (Wildman–Crippen MR) is 43.3 cm³/mol. The third-order valence-electron chi connectivity index (χ3n) is 2.08. The van der Waals surface area contributed by atoms with Gasteiger partial charge in [-0.3, -0.25) is 4.79 Å². The van der Waals surface area contributed by atoms with Crippen molar-refractivity contribution in [2.24, 2.45) is 5.92 Å². The van der Waals surface area contributed by atoms with E-state index in [2.05, 4.69) is 4.74 Å². The summed E-state index contributed by atoms with van der Waals surface area (Å²) in [6.07, 6.45) is 0.995. The van der Waals surface area contributed by atoms with Gasteiger partial charge in [0.05, 0.1) is 18.3 Å². The topological polar surface area (TPSA) is 60.4 Å². The summed E-state index contributed by atoms with van der Waals surface area (Å²) < 4.78 is 26.0. The first-order valence-electron chi connectivity index (χ1n) is 3.48. The lowest BCUT2D eigenvalue weighted by Gasteiger charge is -2.31. The van der Waals surface area contributed by atoms with Gasteiger partial charge in [0.15, 0.2) is 0 Å². The molecule has 0 N–H and O–H groups in total. The van der Waals surface area contributed by atoms with Crippen LogP contribution in [0.15, 0.2) is 0 Å². The summed E-state index contributed by atoms with van der Waals surface area (Å²) in [7, 11) is 2.73. The van der Waals surface area contributed by atoms with E-state index >= 15 is 0 Å². The van der Waals surface area contributed by atoms with E-state index in [0.29, 0.717) is 12.8 Å². The minimum absolute atomic E-state index is 0.450. The molecule has 70 valence electrons. The highest BCUT2D eigenvalue weighted by Gasteiger charge is 2.44. The lowest BCUT2D eigenvalue weighted by Crippen LogP contribution is -2.41. The predicted octanol–water partition coefficient (Wildman–Crippen LogP) is 0.507. The Kier molecular flexibility index (Phi) is 2.63. The van der Waals surface area contributed by atoms with E-state index in [1.807, 2.05) is 0 Å². The van der Waals surface area contributed by atoms with Crippen molar-refractivity contribution in [2.75, 3.05) is 7.11 Å². The van der Waals surface area contributed by atoms with Crippen LogP contribution in [0, 0.1) is 5.92 Å². The second-order valence-electron chi connectivity index (χ2n) is 2.72. The van der Waals surface area contributed by atoms with Gasteiger partial charge in [-0.1, -0.05) is 0 Å². The van der Waals surface area contributed by atoms with Crippen molar-refractivity contribution in [1.29, 1.82) is 0 Å². The van der Waals surface area contributed by atoms with Crippen LogP contribution in [-0.4, -0.2) is 26.7 Å². The van der Waals surface area contributed by atoms with Gasteiger partial charge in [-0.05, 0) is 12.8 Å². The zero-order chi connectivity index (χ0) is 9.35. The number of halogens is 1. The summed E-state index contributed by atoms with van der Waals surface area (Å²) in [6.45, 7) is 0. The fourth-order valence-electron chi connectivity index (χ4n) is 1.23. The van der Waals surface area contributed by atoms with Gasteiger partial charge in [-0.2, -0.15) is 0 Å². The van der Waals surface area contributed by atoms with Gasteiger partial charge in [-0.15, -0.1) is 0 Å². The van der Waals surface area contributed by atoms with Gasteiger partial charge in [0.1, 0.15) is 0 Å². The highest BCUT2D eigenvalue weighted by molar-refractivity contribution is 8.14. The third-order valence-corrected chi connectivity index (χ3v) is 4.05. The molecule has 0 aromatic carbocycles. The molecule has 0 bridgehead atoms. The normalized spacial score (nSPS) is 29.2. The van der Waals surface area contributed by atoms with Gasteiger partial charge in [0.25, 0.3) is 0 Å². The van der Waals surface area contributed by atoms with Crippen molar-refractivity contribution >= 4 is 25.7 Å². The molecule has 0 aliphatic heterocycles. The molecule has 0 unspecified atom stereocenters. The van der Waals surface area contributed by atoms with E-state index in [1.165, 1.54) is 7.11 Å². The van der Waals surface area contributed by atoms with Crippen LogP contribution in [0.3, 0.4) is 0 Å². The molecule has 1 fully saturated rings. The molecule has 0 radical (unpaired) electrons. The Bertz CT molecular complexity index is 284. The largest absolute Gasteiger partial charge is 0.469 e. The van der Waals surface area contributed by atoms with Crippen LogP contribution in [0.4, 0.5) is 0 Å². The van der Waals surface area contributed by atoms with Gasteiger partial charge < -0.3 is 4.74 Å². The SMILES string of the molecule is COC(=O)[C@H]1CC[C@@H]1S(=O)(=O)Cl. The smallest absolute Gasteiger partial charge is 0.310 e. The summed E-state index contributed by atoms with van der Waals surface area (Å²) in [4.78, 5) is 10.9. The standard InChI is InChI=1S/C6H9ClO4S/c1-11-6(8)4-2-3-5(4)12(7,9)10/h4-5H,2-3H2,1H3/t4-,5-/m0/s1. The Morgan fingerprint density at radius 3 is 2.33 bits per heavy atom. The maximum absolute atomic E-state index is 10.9. The van der Waals surface area contributed by atoms with E-state index in [1.54, 1.807) is 0 Å². The van der Waals surface area contributed by atoms with Crippen molar-refractivity contribution in [3.8, 4) is 0 Å². The number of carbonyl (C=O) groups is 1. The molecule has 0 heterocycles. The minimum atomic E-state index is -3.60. The van der Waals surface area contributed by atoms with Gasteiger partial charge in [-0.25, -0.2) is 8.42 Å². The molecule has 4 nitrogen and oxygen atoms in total. The van der Waals surface area contributed by atoms with E-state index in [-0.39, 0.29) is 0 Å². The fraction of sp³-hybridized carbons (Fsp3) is 0.833. The van der Waals surface area contributed by atoms with Gasteiger partial charge >= 0.3 is 5.97 Å². The number of esters is 1. The molecule has 6 heteroatoms. The summed E-state index contributed by atoms with van der Waals surface area (Å²) in [6, 6.07) is 0. The quantitative estimate of drug-likeness (QED) is 0.494. The molecule has 1 rings (SSSR count). The zero-order valence-electron chi connectivity index (χ0n) is 6.49. The molecule has 2 atom stereocenters. The van der Waals surface area contributed by atoms with Crippen molar-refractivity contribution in [2.45, 2.75) is 18.1 Å². The molecule has 12 heavy (non-hydrogen) atoms. The Hall–Kier alpha value is -0.290. The van der Waals surface area contributed by atoms with Crippen LogP contribution in [-0.2, 0) is 18.6 Å². The molecule has 1 saturated carbocycles. The van der Waals surface area contributed by atoms with E-state index in [9.17, 15) is 13.2 Å². The summed E-state index contributed by atoms with van der Waals surface area (Å²) in [5.41, 5.74) is 0. The minimum Gasteiger partial charge on any atom is -0.469 e. The Labute approximate surface area is 75.3 Å². The maximum Gasteiger partial charge on any atom is 0.310 e. The van der Waals surface area contributed by atoms with Crippen LogP contribution in [0.5, 0.6) is 0 Å². The second-order valence-corrected chi connectivity index (χ2v) is 5.57. The average molecular weight is 213 g/mol. The number of hydrogen-bond donors (Lipinski definition) is 0. The first-order chi connectivity index (χ1) is 5.46. The maximum atomic E-state index is 10.9. The van der Waals surface area contributed by atoms with Crippen LogP contribution >= 0.6 is 10.7 Å². The lowest BCUT2D eigenvalue weighted by atomic mass is 9.85. The third kappa shape index (κ3) is 1.72. The first kappa shape index (κ1) is 9.80. The molecule has 1 aliphatic carbocycles. The van der Waals surface area contributed by atoms with Crippen molar-refractivity contribution < 1.29 is 17.9 Å². The van der Waals surface area contributed by atoms with Crippen LogP contribution in [0.2, 0.25) is 0 Å². The average Bonchev–Trinajstić information content (AvgIpc) is 1.80. The van der Waals surface area contributed by atoms with E-state index < -0.39 is 26.2 Å². The second kappa shape index (κ2) is 3.22. The highest BCUT2D eigenvalue weighted by Crippen LogP contribution is 2.35. The summed E-state index contributed by atoms with van der Waals surface area (Å²) in [5, 5.41) is -0.744. The summed E-state index contributed by atoms with van der Waals surface area (Å²) >= 11 is 0. The van der Waals surface area contributed by atoms with Crippen LogP contribution < -0.4 is 0 Å². The van der Waals surface area contributed by atoms with Crippen molar-refractivity contribution in [1.82, 2.24) is 0 Å². The molecular weight excluding hydrogens is 204 g/mol. The monoisotopic (exact) mass is 212 g/mol. The lowest BCUT2D eigenvalue weighted by molar-refractivity contribution is -0.147. The zero-order valence-corrected chi connectivity index (χ0v) is 8.06. The number of ether oxygens (including phenoxy) is 1. The molecule has 0 aromatic heterocycles. The Morgan fingerprint density at radius 2 is 2.08 bits per heavy atom. The number of rotatable bonds is 2. The summed E-state index contributed by atoms with van der Waals surface area (Å²) in [5.74, 6) is -1.05. The van der Waals surface area contributed by atoms with Crippen LogP contribution in [0.1, 0.15) is 12.8 Å². The Morgan fingerprint density at radius 1 is 1.50 bits per heavy atom. The molecule has 0 amide bonds. The highest BCUT2D eigenvalue weighted by atomic mass is 35.7. The molecule has 0 aromatic rings. The number of hydrogen-bond acceptors (Lipinski definition) is 4. The molecule has 0 saturated heterocycles. The van der Waals surface area contributed by atoms with Gasteiger partial charge in [0.2, 0.25) is 9.05 Å². The molecule has 1 aliphatic rings. The fourth-order valence-corrected chi connectivity index (χ4v) is 2.92. The Balaban J connectivity index is 2.68. The molecule has 0 spiro atoms. The molecular formula is C6H9ClO4S. The van der Waals surface area contributed by atoms with Crippen LogP contribution in [0.25, 0.3) is 0 Å². The van der Waals surface area contributed by atoms with E-state index in [4.69, 9.17) is 10.7 Å². The van der Waals surface area contributed by atoms with Crippen molar-refractivity contribution in [3.05, 3.63) is 0 Å². The van der Waals surface area contributed by atoms with Crippen molar-refractivity contribution in [3.63, 3.8) is 0 Å². The number of methoxy groups -OCH3 is 1. The number of carbonyl (C=O) groups excluding carboxylic acids is 1. The van der Waals surface area contributed by atoms with Gasteiger partial charge in [0, 0.05) is 10.7 Å². The first-order valence-corrected chi connectivity index (χ1v) is 5.85. The van der Waals surface area contributed by atoms with E-state index in [0.717, 1.165) is 0 Å².